The van der Waals surface area contributed by atoms with Gasteiger partial charge >= 0.3 is 5.69 Å². The van der Waals surface area contributed by atoms with E-state index in [9.17, 15) is 10.1 Å². The Balaban J connectivity index is 2.32. The second kappa shape index (κ2) is 4.34. The predicted octanol–water partition coefficient (Wildman–Crippen LogP) is 1.60. The number of nitrogens with zero attached hydrogens (tertiary/aromatic N) is 3. The van der Waals surface area contributed by atoms with Crippen LogP contribution in [0.3, 0.4) is 0 Å². The summed E-state index contributed by atoms with van der Waals surface area (Å²) in [4.78, 5) is 16.5. The molecule has 0 aromatic carbocycles. The van der Waals surface area contributed by atoms with E-state index in [4.69, 9.17) is 4.74 Å². The summed E-state index contributed by atoms with van der Waals surface area (Å²) in [5.41, 5.74) is -0.0922. The van der Waals surface area contributed by atoms with Crippen molar-refractivity contribution < 1.29 is 9.66 Å². The van der Waals surface area contributed by atoms with Gasteiger partial charge in [-0.3, -0.25) is 10.1 Å². The largest absolute Gasteiger partial charge is 0.476 e. The summed E-state index contributed by atoms with van der Waals surface area (Å²) >= 11 is 0. The Hall–Kier alpha value is -1.85. The van der Waals surface area contributed by atoms with Crippen molar-refractivity contribution in [3.8, 4) is 5.88 Å². The third-order valence-corrected chi connectivity index (χ3v) is 2.65. The molecule has 1 aliphatic heterocycles. The molecule has 0 radical (unpaired) electrons. The lowest BCUT2D eigenvalue weighted by Crippen LogP contribution is -2.19. The molecule has 1 aromatic rings. The van der Waals surface area contributed by atoms with Crippen LogP contribution >= 0.6 is 0 Å². The van der Waals surface area contributed by atoms with Crippen LogP contribution in [0, 0.1) is 10.1 Å². The van der Waals surface area contributed by atoms with Gasteiger partial charge in [-0.25, -0.2) is 0 Å². The molecule has 1 aromatic heterocycles. The lowest BCUT2D eigenvalue weighted by molar-refractivity contribution is -0.386. The number of methoxy groups -OCH3 is 1. The summed E-state index contributed by atoms with van der Waals surface area (Å²) in [6.45, 7) is 1.90. The molecule has 2 heterocycles. The molecule has 2 rings (SSSR count). The minimum absolute atomic E-state index is 0.0781. The average molecular weight is 223 g/mol. The Bertz CT molecular complexity index is 402. The summed E-state index contributed by atoms with van der Waals surface area (Å²) in [6.07, 6.45) is 2.28. The van der Waals surface area contributed by atoms with Gasteiger partial charge in [0.25, 0.3) is 5.88 Å². The fourth-order valence-electron chi connectivity index (χ4n) is 1.83. The Morgan fingerprint density at radius 3 is 2.69 bits per heavy atom. The molecule has 0 unspecified atom stereocenters. The van der Waals surface area contributed by atoms with Crippen molar-refractivity contribution in [3.05, 3.63) is 22.2 Å². The summed E-state index contributed by atoms with van der Waals surface area (Å²) < 4.78 is 4.93. The monoisotopic (exact) mass is 223 g/mol. The van der Waals surface area contributed by atoms with E-state index in [-0.39, 0.29) is 11.6 Å². The first-order valence-corrected chi connectivity index (χ1v) is 5.17. The predicted molar refractivity (Wildman–Crippen MR) is 58.9 cm³/mol. The van der Waals surface area contributed by atoms with Gasteiger partial charge in [-0.2, -0.15) is 4.98 Å². The maximum absolute atomic E-state index is 10.7. The van der Waals surface area contributed by atoms with Crippen LogP contribution in [0.4, 0.5) is 11.5 Å². The molecule has 0 N–H and O–H groups in total. The molecule has 0 spiro atoms. The minimum Gasteiger partial charge on any atom is -0.476 e. The van der Waals surface area contributed by atoms with Gasteiger partial charge in [0, 0.05) is 19.2 Å². The first-order chi connectivity index (χ1) is 7.72. The van der Waals surface area contributed by atoms with Gasteiger partial charge < -0.3 is 9.64 Å². The van der Waals surface area contributed by atoms with Crippen molar-refractivity contribution >= 4 is 11.5 Å². The van der Waals surface area contributed by atoms with Crippen molar-refractivity contribution in [2.45, 2.75) is 12.8 Å². The average Bonchev–Trinajstić information content (AvgIpc) is 2.81. The van der Waals surface area contributed by atoms with Crippen molar-refractivity contribution in [1.29, 1.82) is 0 Å². The molecule has 0 atom stereocenters. The van der Waals surface area contributed by atoms with Gasteiger partial charge in [0.2, 0.25) is 0 Å². The molecular formula is C10H13N3O3. The Morgan fingerprint density at radius 1 is 1.44 bits per heavy atom. The molecule has 86 valence electrons. The van der Waals surface area contributed by atoms with Crippen molar-refractivity contribution in [2.75, 3.05) is 25.1 Å². The maximum Gasteiger partial charge on any atom is 0.331 e. The van der Waals surface area contributed by atoms with E-state index in [0.29, 0.717) is 0 Å². The van der Waals surface area contributed by atoms with Gasteiger partial charge in [-0.1, -0.05) is 0 Å². The standard InChI is InChI=1S/C10H13N3O3/c1-16-10-8(13(14)15)4-5-9(11-10)12-6-2-3-7-12/h4-5H,2-3,6-7H2,1H3. The van der Waals surface area contributed by atoms with E-state index in [0.717, 1.165) is 31.7 Å². The maximum atomic E-state index is 10.7. The van der Waals surface area contributed by atoms with Crippen LogP contribution in [-0.2, 0) is 0 Å². The molecule has 6 nitrogen and oxygen atoms in total. The van der Waals surface area contributed by atoms with Gasteiger partial charge in [-0.05, 0) is 18.9 Å². The second-order valence-corrected chi connectivity index (χ2v) is 3.65. The van der Waals surface area contributed by atoms with Crippen LogP contribution in [0.25, 0.3) is 0 Å². The fraction of sp³-hybridized carbons (Fsp3) is 0.500. The van der Waals surface area contributed by atoms with Crippen LogP contribution in [0.5, 0.6) is 5.88 Å². The third-order valence-electron chi connectivity index (χ3n) is 2.65. The number of anilines is 1. The molecule has 1 saturated heterocycles. The quantitative estimate of drug-likeness (QED) is 0.575. The lowest BCUT2D eigenvalue weighted by Gasteiger charge is -2.16. The van der Waals surface area contributed by atoms with Crippen LogP contribution in [0.2, 0.25) is 0 Å². The summed E-state index contributed by atoms with van der Waals surface area (Å²) in [5.74, 6) is 0.828. The Labute approximate surface area is 93.0 Å². The van der Waals surface area contributed by atoms with Gasteiger partial charge in [0.05, 0.1) is 12.0 Å². The molecule has 0 bridgehead atoms. The van der Waals surface area contributed by atoms with Gasteiger partial charge in [0.15, 0.2) is 0 Å². The number of ether oxygens (including phenoxy) is 1. The van der Waals surface area contributed by atoms with Crippen LogP contribution < -0.4 is 9.64 Å². The Morgan fingerprint density at radius 2 is 2.12 bits per heavy atom. The second-order valence-electron chi connectivity index (χ2n) is 3.65. The zero-order valence-corrected chi connectivity index (χ0v) is 9.05. The number of hydrogen-bond acceptors (Lipinski definition) is 5. The molecule has 16 heavy (non-hydrogen) atoms. The topological polar surface area (TPSA) is 68.5 Å². The number of rotatable bonds is 3. The van der Waals surface area contributed by atoms with Crippen LogP contribution in [0.15, 0.2) is 12.1 Å². The first kappa shape index (κ1) is 10.7. The number of nitro groups is 1. The van der Waals surface area contributed by atoms with Gasteiger partial charge in [0.1, 0.15) is 5.82 Å². The third kappa shape index (κ3) is 1.91. The molecule has 6 heteroatoms. The molecule has 1 aliphatic rings. The number of pyridine rings is 1. The fourth-order valence-corrected chi connectivity index (χ4v) is 1.83. The normalized spacial score (nSPS) is 15.2. The molecule has 0 aliphatic carbocycles. The molecule has 0 amide bonds. The SMILES string of the molecule is COc1nc(N2CCCC2)ccc1[N+](=O)[O-]. The summed E-state index contributed by atoms with van der Waals surface area (Å²) in [7, 11) is 1.39. The van der Waals surface area contributed by atoms with E-state index in [1.54, 1.807) is 6.07 Å². The smallest absolute Gasteiger partial charge is 0.331 e. The highest BCUT2D eigenvalue weighted by Crippen LogP contribution is 2.28. The number of hydrogen-bond donors (Lipinski definition) is 0. The molecule has 0 saturated carbocycles. The van der Waals surface area contributed by atoms with E-state index in [2.05, 4.69) is 9.88 Å². The van der Waals surface area contributed by atoms with Crippen molar-refractivity contribution in [2.24, 2.45) is 0 Å². The van der Waals surface area contributed by atoms with Crippen molar-refractivity contribution in [3.63, 3.8) is 0 Å². The zero-order valence-electron chi connectivity index (χ0n) is 9.05. The minimum atomic E-state index is -0.487. The highest BCUT2D eigenvalue weighted by Gasteiger charge is 2.20. The Kier molecular flexibility index (Phi) is 2.89. The molecule has 1 fully saturated rings. The molecular weight excluding hydrogens is 210 g/mol. The van der Waals surface area contributed by atoms with E-state index >= 15 is 0 Å². The highest BCUT2D eigenvalue weighted by atomic mass is 16.6. The van der Waals surface area contributed by atoms with E-state index < -0.39 is 4.92 Å². The van der Waals surface area contributed by atoms with E-state index in [1.807, 2.05) is 0 Å². The van der Waals surface area contributed by atoms with Gasteiger partial charge in [-0.15, -0.1) is 0 Å². The number of aromatic nitrogens is 1. The van der Waals surface area contributed by atoms with Crippen LogP contribution in [0.1, 0.15) is 12.8 Å². The lowest BCUT2D eigenvalue weighted by atomic mass is 10.4. The first-order valence-electron chi connectivity index (χ1n) is 5.17. The van der Waals surface area contributed by atoms with Crippen molar-refractivity contribution in [1.82, 2.24) is 4.98 Å². The highest BCUT2D eigenvalue weighted by molar-refractivity contribution is 5.50. The summed E-state index contributed by atoms with van der Waals surface area (Å²) in [6, 6.07) is 3.12. The van der Waals surface area contributed by atoms with Crippen LogP contribution in [-0.4, -0.2) is 30.1 Å². The zero-order chi connectivity index (χ0) is 11.5. The van der Waals surface area contributed by atoms with E-state index in [1.165, 1.54) is 13.2 Å². The summed E-state index contributed by atoms with van der Waals surface area (Å²) in [5, 5.41) is 10.7.